The molecule has 0 saturated heterocycles. The van der Waals surface area contributed by atoms with Crippen LogP contribution in [0.25, 0.3) is 0 Å². The minimum absolute atomic E-state index is 0.0356. The number of ether oxygens (including phenoxy) is 1. The number of hydrogen-bond donors (Lipinski definition) is 2. The number of fused-ring (bicyclic) bond motifs is 2. The van der Waals surface area contributed by atoms with Gasteiger partial charge in [-0.15, -0.1) is 0 Å². The minimum Gasteiger partial charge on any atom is -0.508 e. The van der Waals surface area contributed by atoms with Gasteiger partial charge in [0.05, 0.1) is 16.9 Å². The molecule has 4 nitrogen and oxygen atoms in total. The molecule has 0 unspecified atom stereocenters. The lowest BCUT2D eigenvalue weighted by Crippen LogP contribution is -2.07. The first-order valence-electron chi connectivity index (χ1n) is 5.15. The van der Waals surface area contributed by atoms with Crippen molar-refractivity contribution in [3.63, 3.8) is 0 Å². The highest BCUT2D eigenvalue weighted by Crippen LogP contribution is 2.34. The fraction of sp³-hybridized carbons (Fsp3) is 0. The molecule has 0 radical (unpaired) electrons. The monoisotopic (exact) mass is 227 g/mol. The standard InChI is InChI=1S/C13H9NO3/c15-8-5-6-10-9(7-8)13(16)17-12-4-2-1-3-11(12)14-10/h1-7,14-15H. The lowest BCUT2D eigenvalue weighted by Gasteiger charge is -2.06. The molecule has 2 N–H and O–H groups in total. The number of carbonyl (C=O) groups excluding carboxylic acids is 1. The van der Waals surface area contributed by atoms with Crippen molar-refractivity contribution >= 4 is 17.3 Å². The molecular weight excluding hydrogens is 218 g/mol. The summed E-state index contributed by atoms with van der Waals surface area (Å²) in [5.41, 5.74) is 1.67. The molecule has 0 fully saturated rings. The molecule has 2 aromatic rings. The maximum Gasteiger partial charge on any atom is 0.345 e. The molecule has 2 aromatic carbocycles. The van der Waals surface area contributed by atoms with Crippen LogP contribution in [0.4, 0.5) is 11.4 Å². The predicted molar refractivity (Wildman–Crippen MR) is 62.8 cm³/mol. The van der Waals surface area contributed by atoms with Crippen molar-refractivity contribution in [1.29, 1.82) is 0 Å². The summed E-state index contributed by atoms with van der Waals surface area (Å²) >= 11 is 0. The Morgan fingerprint density at radius 2 is 1.88 bits per heavy atom. The average Bonchev–Trinajstić information content (AvgIpc) is 2.46. The molecule has 1 aliphatic heterocycles. The van der Waals surface area contributed by atoms with Crippen molar-refractivity contribution in [3.05, 3.63) is 48.0 Å². The summed E-state index contributed by atoms with van der Waals surface area (Å²) in [6.45, 7) is 0. The summed E-state index contributed by atoms with van der Waals surface area (Å²) in [4.78, 5) is 11.8. The van der Waals surface area contributed by atoms with Crippen LogP contribution >= 0.6 is 0 Å². The molecular formula is C13H9NO3. The van der Waals surface area contributed by atoms with Gasteiger partial charge in [-0.25, -0.2) is 4.79 Å². The van der Waals surface area contributed by atoms with E-state index in [0.29, 0.717) is 17.0 Å². The number of esters is 1. The van der Waals surface area contributed by atoms with Crippen LogP contribution < -0.4 is 10.1 Å². The highest BCUT2D eigenvalue weighted by molar-refractivity contribution is 6.00. The van der Waals surface area contributed by atoms with Gasteiger partial charge in [-0.3, -0.25) is 0 Å². The highest BCUT2D eigenvalue weighted by atomic mass is 16.5. The van der Waals surface area contributed by atoms with E-state index in [1.54, 1.807) is 18.2 Å². The molecule has 0 spiro atoms. The van der Waals surface area contributed by atoms with E-state index in [2.05, 4.69) is 5.32 Å². The fourth-order valence-electron chi connectivity index (χ4n) is 1.77. The molecule has 0 aromatic heterocycles. The van der Waals surface area contributed by atoms with E-state index in [-0.39, 0.29) is 5.75 Å². The van der Waals surface area contributed by atoms with E-state index >= 15 is 0 Å². The fourth-order valence-corrected chi connectivity index (χ4v) is 1.77. The number of nitrogens with one attached hydrogen (secondary N) is 1. The van der Waals surface area contributed by atoms with Crippen LogP contribution in [-0.2, 0) is 0 Å². The molecule has 0 bridgehead atoms. The Kier molecular flexibility index (Phi) is 2.01. The van der Waals surface area contributed by atoms with Gasteiger partial charge in [0, 0.05) is 0 Å². The van der Waals surface area contributed by atoms with Crippen LogP contribution in [-0.4, -0.2) is 11.1 Å². The zero-order valence-corrected chi connectivity index (χ0v) is 8.81. The summed E-state index contributed by atoms with van der Waals surface area (Å²) in [7, 11) is 0. The van der Waals surface area contributed by atoms with E-state index < -0.39 is 5.97 Å². The Hall–Kier alpha value is -2.49. The van der Waals surface area contributed by atoms with Gasteiger partial charge < -0.3 is 15.2 Å². The van der Waals surface area contributed by atoms with E-state index in [1.165, 1.54) is 12.1 Å². The number of rotatable bonds is 0. The molecule has 0 amide bonds. The SMILES string of the molecule is O=C1Oc2ccccc2Nc2ccc(O)cc21. The van der Waals surface area contributed by atoms with Crippen LogP contribution in [0, 0.1) is 0 Å². The number of hydrogen-bond acceptors (Lipinski definition) is 4. The van der Waals surface area contributed by atoms with Crippen LogP contribution in [0.15, 0.2) is 42.5 Å². The lowest BCUT2D eigenvalue weighted by molar-refractivity contribution is 0.0738. The number of para-hydroxylation sites is 2. The molecule has 1 aliphatic rings. The second-order valence-electron chi connectivity index (χ2n) is 3.74. The smallest absolute Gasteiger partial charge is 0.345 e. The van der Waals surface area contributed by atoms with Crippen LogP contribution in [0.1, 0.15) is 10.4 Å². The first kappa shape index (κ1) is 9.72. The highest BCUT2D eigenvalue weighted by Gasteiger charge is 2.20. The largest absolute Gasteiger partial charge is 0.508 e. The average molecular weight is 227 g/mol. The number of phenols is 1. The van der Waals surface area contributed by atoms with Gasteiger partial charge in [-0.1, -0.05) is 12.1 Å². The zero-order chi connectivity index (χ0) is 11.8. The topological polar surface area (TPSA) is 58.6 Å². The van der Waals surface area contributed by atoms with E-state index in [9.17, 15) is 9.90 Å². The number of phenolic OH excluding ortho intramolecular Hbond substituents is 1. The quantitative estimate of drug-likeness (QED) is 0.412. The summed E-state index contributed by atoms with van der Waals surface area (Å²) in [6, 6.07) is 11.7. The lowest BCUT2D eigenvalue weighted by atomic mass is 10.1. The molecule has 1 heterocycles. The van der Waals surface area contributed by atoms with Crippen molar-refractivity contribution in [3.8, 4) is 11.5 Å². The number of anilines is 2. The van der Waals surface area contributed by atoms with E-state index in [0.717, 1.165) is 5.69 Å². The van der Waals surface area contributed by atoms with Gasteiger partial charge in [-0.2, -0.15) is 0 Å². The Labute approximate surface area is 97.5 Å². The Morgan fingerprint density at radius 1 is 1.06 bits per heavy atom. The molecule has 4 heteroatoms. The van der Waals surface area contributed by atoms with Crippen LogP contribution in [0.2, 0.25) is 0 Å². The maximum absolute atomic E-state index is 11.8. The molecule has 3 rings (SSSR count). The van der Waals surface area contributed by atoms with Crippen LogP contribution in [0.5, 0.6) is 11.5 Å². The van der Waals surface area contributed by atoms with Gasteiger partial charge in [0.2, 0.25) is 0 Å². The van der Waals surface area contributed by atoms with Gasteiger partial charge >= 0.3 is 5.97 Å². The first-order chi connectivity index (χ1) is 8.24. The zero-order valence-electron chi connectivity index (χ0n) is 8.81. The molecule has 0 saturated carbocycles. The molecule has 17 heavy (non-hydrogen) atoms. The van der Waals surface area contributed by atoms with E-state index in [1.807, 2.05) is 12.1 Å². The second-order valence-corrected chi connectivity index (χ2v) is 3.74. The molecule has 84 valence electrons. The van der Waals surface area contributed by atoms with E-state index in [4.69, 9.17) is 4.74 Å². The van der Waals surface area contributed by atoms with Crippen molar-refractivity contribution in [1.82, 2.24) is 0 Å². The third-order valence-electron chi connectivity index (χ3n) is 2.58. The number of benzene rings is 2. The summed E-state index contributed by atoms with van der Waals surface area (Å²) in [5, 5.41) is 12.5. The second kappa shape index (κ2) is 3.52. The predicted octanol–water partition coefficient (Wildman–Crippen LogP) is 2.67. The van der Waals surface area contributed by atoms with Crippen LogP contribution in [0.3, 0.4) is 0 Å². The normalized spacial score (nSPS) is 12.8. The van der Waals surface area contributed by atoms with Gasteiger partial charge in [0.1, 0.15) is 5.75 Å². The van der Waals surface area contributed by atoms with Crippen molar-refractivity contribution in [2.45, 2.75) is 0 Å². The third-order valence-corrected chi connectivity index (χ3v) is 2.58. The molecule has 0 atom stereocenters. The summed E-state index contributed by atoms with van der Waals surface area (Å²) in [6.07, 6.45) is 0. The van der Waals surface area contributed by atoms with Gasteiger partial charge in [0.25, 0.3) is 0 Å². The first-order valence-corrected chi connectivity index (χ1v) is 5.15. The summed E-state index contributed by atoms with van der Waals surface area (Å²) < 4.78 is 5.23. The Balaban J connectivity index is 2.17. The van der Waals surface area contributed by atoms with Crippen molar-refractivity contribution in [2.75, 3.05) is 5.32 Å². The van der Waals surface area contributed by atoms with Crippen molar-refractivity contribution < 1.29 is 14.6 Å². The molecule has 0 aliphatic carbocycles. The van der Waals surface area contributed by atoms with Gasteiger partial charge in [0.15, 0.2) is 5.75 Å². The number of carbonyl (C=O) groups is 1. The van der Waals surface area contributed by atoms with Crippen molar-refractivity contribution in [2.24, 2.45) is 0 Å². The maximum atomic E-state index is 11.8. The number of aromatic hydroxyl groups is 1. The Bertz CT molecular complexity index is 607. The Morgan fingerprint density at radius 3 is 2.76 bits per heavy atom. The third kappa shape index (κ3) is 1.59. The minimum atomic E-state index is -0.478. The summed E-state index contributed by atoms with van der Waals surface area (Å²) in [5.74, 6) is 0.0370. The van der Waals surface area contributed by atoms with Gasteiger partial charge in [-0.05, 0) is 30.3 Å².